The minimum absolute atomic E-state index is 0.0926. The number of aryl methyl sites for hydroxylation is 1. The summed E-state index contributed by atoms with van der Waals surface area (Å²) >= 11 is 5.11. The van der Waals surface area contributed by atoms with E-state index in [0.29, 0.717) is 0 Å². The molecule has 116 valence electrons. The molecule has 0 aliphatic heterocycles. The molecule has 0 bridgehead atoms. The van der Waals surface area contributed by atoms with Crippen molar-refractivity contribution in [3.05, 3.63) is 65.7 Å². The van der Waals surface area contributed by atoms with E-state index in [0.717, 1.165) is 12.8 Å². The molecule has 2 N–H and O–H groups in total. The van der Waals surface area contributed by atoms with E-state index in [1.165, 1.54) is 23.8 Å². The van der Waals surface area contributed by atoms with Gasteiger partial charge in [0.25, 0.3) is 0 Å². The molecule has 22 heavy (non-hydrogen) atoms. The van der Waals surface area contributed by atoms with Crippen LogP contribution >= 0.6 is 12.2 Å². The number of hydrogen-bond acceptors (Lipinski definition) is 1. The molecule has 1 atom stereocenters. The Morgan fingerprint density at radius 2 is 1.68 bits per heavy atom. The minimum Gasteiger partial charge on any atom is -0.360 e. The summed E-state index contributed by atoms with van der Waals surface area (Å²) < 4.78 is 27.1. The number of benzene rings is 2. The Morgan fingerprint density at radius 3 is 2.32 bits per heavy atom. The van der Waals surface area contributed by atoms with E-state index in [9.17, 15) is 8.78 Å². The monoisotopic (exact) mass is 320 g/mol. The van der Waals surface area contributed by atoms with Crippen molar-refractivity contribution in [3.63, 3.8) is 0 Å². The summed E-state index contributed by atoms with van der Waals surface area (Å²) in [6.07, 6.45) is 1.78. The van der Waals surface area contributed by atoms with Gasteiger partial charge in [-0.1, -0.05) is 36.4 Å². The summed E-state index contributed by atoms with van der Waals surface area (Å²) in [5, 5.41) is 5.83. The molecular weight excluding hydrogens is 302 g/mol. The number of rotatable bonds is 5. The fourth-order valence-corrected chi connectivity index (χ4v) is 2.39. The van der Waals surface area contributed by atoms with E-state index in [1.807, 2.05) is 25.1 Å². The van der Waals surface area contributed by atoms with Gasteiger partial charge in [0, 0.05) is 6.04 Å². The maximum absolute atomic E-state index is 13.5. The number of nitrogens with one attached hydrogen (secondary N) is 2. The SMILES string of the molecule is C[C@@H](CCc1ccccc1)NC(=S)Nc1c(F)cccc1F. The quantitative estimate of drug-likeness (QED) is 0.805. The first kappa shape index (κ1) is 16.4. The second-order valence-electron chi connectivity index (χ2n) is 5.12. The Morgan fingerprint density at radius 1 is 1.05 bits per heavy atom. The Labute approximate surface area is 134 Å². The van der Waals surface area contributed by atoms with Crippen LogP contribution in [0, 0.1) is 11.6 Å². The van der Waals surface area contributed by atoms with Crippen molar-refractivity contribution < 1.29 is 8.78 Å². The first-order valence-corrected chi connectivity index (χ1v) is 7.52. The normalized spacial score (nSPS) is 11.8. The van der Waals surface area contributed by atoms with Crippen molar-refractivity contribution in [3.8, 4) is 0 Å². The third kappa shape index (κ3) is 4.77. The molecule has 0 radical (unpaired) electrons. The minimum atomic E-state index is -0.666. The van der Waals surface area contributed by atoms with Crippen LogP contribution in [0.1, 0.15) is 18.9 Å². The lowest BCUT2D eigenvalue weighted by Crippen LogP contribution is -2.36. The van der Waals surface area contributed by atoms with Gasteiger partial charge in [0.2, 0.25) is 0 Å². The maximum atomic E-state index is 13.5. The zero-order valence-electron chi connectivity index (χ0n) is 12.3. The van der Waals surface area contributed by atoms with E-state index in [-0.39, 0.29) is 16.8 Å². The average Bonchev–Trinajstić information content (AvgIpc) is 2.50. The van der Waals surface area contributed by atoms with Gasteiger partial charge >= 0.3 is 0 Å². The van der Waals surface area contributed by atoms with Crippen LogP contribution in [0.15, 0.2) is 48.5 Å². The van der Waals surface area contributed by atoms with Crippen molar-refractivity contribution in [1.82, 2.24) is 5.32 Å². The highest BCUT2D eigenvalue weighted by atomic mass is 32.1. The lowest BCUT2D eigenvalue weighted by atomic mass is 10.1. The summed E-state index contributed by atoms with van der Waals surface area (Å²) in [6.45, 7) is 1.98. The lowest BCUT2D eigenvalue weighted by Gasteiger charge is -2.17. The second-order valence-corrected chi connectivity index (χ2v) is 5.53. The number of para-hydroxylation sites is 1. The molecule has 2 aromatic carbocycles. The molecule has 0 aromatic heterocycles. The summed E-state index contributed by atoms with van der Waals surface area (Å²) in [7, 11) is 0. The zero-order chi connectivity index (χ0) is 15.9. The summed E-state index contributed by atoms with van der Waals surface area (Å²) in [6, 6.07) is 13.9. The van der Waals surface area contributed by atoms with Crippen LogP contribution in [0.3, 0.4) is 0 Å². The average molecular weight is 320 g/mol. The molecule has 2 nitrogen and oxygen atoms in total. The summed E-state index contributed by atoms with van der Waals surface area (Å²) in [5.74, 6) is -1.33. The van der Waals surface area contributed by atoms with Crippen molar-refractivity contribution in [2.75, 3.05) is 5.32 Å². The molecule has 0 spiro atoms. The molecule has 0 unspecified atom stereocenters. The van der Waals surface area contributed by atoms with Crippen molar-refractivity contribution in [2.24, 2.45) is 0 Å². The van der Waals surface area contributed by atoms with Gasteiger partial charge in [-0.05, 0) is 49.7 Å². The maximum Gasteiger partial charge on any atom is 0.171 e. The van der Waals surface area contributed by atoms with Gasteiger partial charge in [-0.3, -0.25) is 0 Å². The van der Waals surface area contributed by atoms with Gasteiger partial charge < -0.3 is 10.6 Å². The Kier molecular flexibility index (Phi) is 5.83. The van der Waals surface area contributed by atoms with Gasteiger partial charge in [-0.2, -0.15) is 0 Å². The van der Waals surface area contributed by atoms with Crippen molar-refractivity contribution in [1.29, 1.82) is 0 Å². The molecule has 0 aliphatic carbocycles. The fraction of sp³-hybridized carbons (Fsp3) is 0.235. The van der Waals surface area contributed by atoms with Crippen LogP contribution in [0.25, 0.3) is 0 Å². The van der Waals surface area contributed by atoms with Gasteiger partial charge in [0.1, 0.15) is 17.3 Å². The van der Waals surface area contributed by atoms with Gasteiger partial charge in [-0.15, -0.1) is 0 Å². The summed E-state index contributed by atoms with van der Waals surface area (Å²) in [4.78, 5) is 0. The topological polar surface area (TPSA) is 24.1 Å². The predicted molar refractivity (Wildman–Crippen MR) is 89.9 cm³/mol. The van der Waals surface area contributed by atoms with E-state index < -0.39 is 11.6 Å². The highest BCUT2D eigenvalue weighted by Crippen LogP contribution is 2.17. The highest BCUT2D eigenvalue weighted by molar-refractivity contribution is 7.80. The van der Waals surface area contributed by atoms with Crippen LogP contribution in [0.4, 0.5) is 14.5 Å². The Balaban J connectivity index is 1.84. The van der Waals surface area contributed by atoms with E-state index in [1.54, 1.807) is 0 Å². The van der Waals surface area contributed by atoms with E-state index in [2.05, 4.69) is 22.8 Å². The molecule has 0 saturated carbocycles. The zero-order valence-corrected chi connectivity index (χ0v) is 13.1. The standard InChI is InChI=1S/C17H18F2N2S/c1-12(10-11-13-6-3-2-4-7-13)20-17(22)21-16-14(18)8-5-9-15(16)19/h2-9,12H,10-11H2,1H3,(H2,20,21,22)/t12-/m0/s1. The van der Waals surface area contributed by atoms with Crippen LogP contribution < -0.4 is 10.6 Å². The molecular formula is C17H18F2N2S. The molecule has 5 heteroatoms. The molecule has 0 amide bonds. The smallest absolute Gasteiger partial charge is 0.171 e. The third-order valence-electron chi connectivity index (χ3n) is 3.29. The van der Waals surface area contributed by atoms with Crippen LogP contribution in [0.5, 0.6) is 0 Å². The van der Waals surface area contributed by atoms with Gasteiger partial charge in [-0.25, -0.2) is 8.78 Å². The molecule has 2 rings (SSSR count). The Hall–Kier alpha value is -2.01. The number of thiocarbonyl (C=S) groups is 1. The third-order valence-corrected chi connectivity index (χ3v) is 3.51. The summed E-state index contributed by atoms with van der Waals surface area (Å²) in [5.41, 5.74) is 1.02. The Bertz CT molecular complexity index is 612. The largest absolute Gasteiger partial charge is 0.360 e. The molecule has 2 aromatic rings. The van der Waals surface area contributed by atoms with Crippen molar-refractivity contribution >= 4 is 23.0 Å². The number of hydrogen-bond donors (Lipinski definition) is 2. The van der Waals surface area contributed by atoms with Gasteiger partial charge in [0.15, 0.2) is 5.11 Å². The fourth-order valence-electron chi connectivity index (χ4n) is 2.09. The van der Waals surface area contributed by atoms with Crippen LogP contribution in [-0.2, 0) is 6.42 Å². The first-order valence-electron chi connectivity index (χ1n) is 7.11. The van der Waals surface area contributed by atoms with Crippen LogP contribution in [-0.4, -0.2) is 11.2 Å². The molecule has 0 fully saturated rings. The number of anilines is 1. The van der Waals surface area contributed by atoms with Crippen molar-refractivity contribution in [2.45, 2.75) is 25.8 Å². The predicted octanol–water partition coefficient (Wildman–Crippen LogP) is 4.27. The second kappa shape index (κ2) is 7.84. The molecule has 0 heterocycles. The van der Waals surface area contributed by atoms with E-state index in [4.69, 9.17) is 12.2 Å². The van der Waals surface area contributed by atoms with E-state index >= 15 is 0 Å². The van der Waals surface area contributed by atoms with Crippen LogP contribution in [0.2, 0.25) is 0 Å². The first-order chi connectivity index (χ1) is 10.6. The number of halogens is 2. The lowest BCUT2D eigenvalue weighted by molar-refractivity contribution is 0.588. The highest BCUT2D eigenvalue weighted by Gasteiger charge is 2.11. The van der Waals surface area contributed by atoms with Gasteiger partial charge in [0.05, 0.1) is 0 Å². The molecule has 0 saturated heterocycles. The molecule has 0 aliphatic rings.